The van der Waals surface area contributed by atoms with Gasteiger partial charge in [-0.2, -0.15) is 0 Å². The van der Waals surface area contributed by atoms with Crippen LogP contribution in [0.4, 0.5) is 0 Å². The maximum Gasteiger partial charge on any atom is 0.0354 e. The number of hydrogen-bond donors (Lipinski definition) is 1. The number of nitrogens with zero attached hydrogens (tertiary/aromatic N) is 1. The molecule has 0 aromatic rings. The van der Waals surface area contributed by atoms with Gasteiger partial charge in [0.1, 0.15) is 0 Å². The maximum atomic E-state index is 6.60. The molecule has 0 aromatic carbocycles. The average molecular weight is 238 g/mol. The Kier molecular flexibility index (Phi) is 4.14. The SMILES string of the molecule is CC1CCC(C(N)CC2CCC2)(N(C)C)CC1. The third-order valence-corrected chi connectivity index (χ3v) is 5.53. The van der Waals surface area contributed by atoms with E-state index in [4.69, 9.17) is 5.73 Å². The molecule has 2 fully saturated rings. The molecule has 1 atom stereocenters. The smallest absolute Gasteiger partial charge is 0.0354 e. The number of likely N-dealkylation sites (N-methyl/N-ethyl adjacent to an activating group) is 1. The predicted octanol–water partition coefficient (Wildman–Crippen LogP) is 3.01. The minimum Gasteiger partial charge on any atom is -0.326 e. The fourth-order valence-corrected chi connectivity index (χ4v) is 3.72. The molecule has 1 unspecified atom stereocenters. The minimum atomic E-state index is 0.294. The van der Waals surface area contributed by atoms with Crippen molar-refractivity contribution in [2.24, 2.45) is 17.6 Å². The molecule has 0 aliphatic heterocycles. The van der Waals surface area contributed by atoms with E-state index in [1.807, 2.05) is 0 Å². The van der Waals surface area contributed by atoms with Crippen molar-refractivity contribution in [1.29, 1.82) is 0 Å². The van der Waals surface area contributed by atoms with Crippen LogP contribution in [-0.2, 0) is 0 Å². The van der Waals surface area contributed by atoms with Crippen molar-refractivity contribution in [3.05, 3.63) is 0 Å². The van der Waals surface area contributed by atoms with E-state index in [1.54, 1.807) is 0 Å². The number of nitrogens with two attached hydrogens (primary N) is 1. The quantitative estimate of drug-likeness (QED) is 0.816. The van der Waals surface area contributed by atoms with E-state index < -0.39 is 0 Å². The first-order valence-electron chi connectivity index (χ1n) is 7.47. The molecule has 2 aliphatic carbocycles. The summed E-state index contributed by atoms with van der Waals surface area (Å²) in [4.78, 5) is 2.43. The van der Waals surface area contributed by atoms with Crippen molar-refractivity contribution < 1.29 is 0 Å². The van der Waals surface area contributed by atoms with E-state index in [1.165, 1.54) is 51.4 Å². The van der Waals surface area contributed by atoms with Crippen LogP contribution in [0.1, 0.15) is 58.3 Å². The van der Waals surface area contributed by atoms with Crippen LogP contribution in [0.15, 0.2) is 0 Å². The summed E-state index contributed by atoms with van der Waals surface area (Å²) in [6, 6.07) is 0.385. The molecule has 0 heterocycles. The first-order chi connectivity index (χ1) is 8.04. The van der Waals surface area contributed by atoms with Crippen molar-refractivity contribution in [2.45, 2.75) is 69.9 Å². The molecule has 0 spiro atoms. The summed E-state index contributed by atoms with van der Waals surface area (Å²) in [6.45, 7) is 2.39. The van der Waals surface area contributed by atoms with E-state index >= 15 is 0 Å². The van der Waals surface area contributed by atoms with Crippen LogP contribution >= 0.6 is 0 Å². The normalized spacial score (nSPS) is 36.9. The van der Waals surface area contributed by atoms with Crippen molar-refractivity contribution in [3.63, 3.8) is 0 Å². The fraction of sp³-hybridized carbons (Fsp3) is 1.00. The third kappa shape index (κ3) is 2.68. The third-order valence-electron chi connectivity index (χ3n) is 5.53. The van der Waals surface area contributed by atoms with Gasteiger partial charge in [-0.25, -0.2) is 0 Å². The van der Waals surface area contributed by atoms with Gasteiger partial charge < -0.3 is 10.6 Å². The Morgan fingerprint density at radius 3 is 2.18 bits per heavy atom. The lowest BCUT2D eigenvalue weighted by Gasteiger charge is -2.49. The molecule has 0 amide bonds. The highest BCUT2D eigenvalue weighted by Crippen LogP contribution is 2.41. The highest BCUT2D eigenvalue weighted by atomic mass is 15.2. The van der Waals surface area contributed by atoms with Crippen LogP contribution in [0.5, 0.6) is 0 Å². The van der Waals surface area contributed by atoms with Crippen LogP contribution in [0.25, 0.3) is 0 Å². The molecule has 2 nitrogen and oxygen atoms in total. The molecule has 0 aromatic heterocycles. The molecular formula is C15H30N2. The minimum absolute atomic E-state index is 0.294. The zero-order chi connectivity index (χ0) is 12.5. The lowest BCUT2D eigenvalue weighted by molar-refractivity contribution is 0.0431. The summed E-state index contributed by atoms with van der Waals surface area (Å²) >= 11 is 0. The van der Waals surface area contributed by atoms with Crippen molar-refractivity contribution >= 4 is 0 Å². The van der Waals surface area contributed by atoms with Gasteiger partial charge in [0, 0.05) is 11.6 Å². The Morgan fingerprint density at radius 2 is 1.76 bits per heavy atom. The zero-order valence-corrected chi connectivity index (χ0v) is 11.9. The van der Waals surface area contributed by atoms with Gasteiger partial charge >= 0.3 is 0 Å². The van der Waals surface area contributed by atoms with E-state index in [0.29, 0.717) is 11.6 Å². The number of hydrogen-bond acceptors (Lipinski definition) is 2. The van der Waals surface area contributed by atoms with Gasteiger partial charge in [-0.15, -0.1) is 0 Å². The summed E-state index contributed by atoms with van der Waals surface area (Å²) < 4.78 is 0. The molecule has 2 N–H and O–H groups in total. The van der Waals surface area contributed by atoms with Crippen LogP contribution < -0.4 is 5.73 Å². The first kappa shape index (κ1) is 13.4. The maximum absolute atomic E-state index is 6.60. The molecule has 0 saturated heterocycles. The highest BCUT2D eigenvalue weighted by Gasteiger charge is 2.42. The van der Waals surface area contributed by atoms with Gasteiger partial charge in [0.15, 0.2) is 0 Å². The van der Waals surface area contributed by atoms with Crippen molar-refractivity contribution in [3.8, 4) is 0 Å². The Labute approximate surface area is 107 Å². The molecule has 0 radical (unpaired) electrons. The van der Waals surface area contributed by atoms with E-state index in [2.05, 4.69) is 25.9 Å². The molecule has 0 bridgehead atoms. The summed E-state index contributed by atoms with van der Waals surface area (Å²) in [5, 5.41) is 0. The first-order valence-corrected chi connectivity index (χ1v) is 7.47. The lowest BCUT2D eigenvalue weighted by atomic mass is 9.68. The predicted molar refractivity (Wildman–Crippen MR) is 74.0 cm³/mol. The van der Waals surface area contributed by atoms with Crippen LogP contribution in [-0.4, -0.2) is 30.6 Å². The van der Waals surface area contributed by atoms with Crippen LogP contribution in [0, 0.1) is 11.8 Å². The summed E-state index contributed by atoms with van der Waals surface area (Å²) in [5.41, 5.74) is 6.89. The van der Waals surface area contributed by atoms with Gasteiger partial charge in [0.05, 0.1) is 0 Å². The number of rotatable bonds is 4. The summed E-state index contributed by atoms with van der Waals surface area (Å²) in [7, 11) is 4.47. The largest absolute Gasteiger partial charge is 0.326 e. The standard InChI is InChI=1S/C15H30N2/c1-12-7-9-15(10-8-12,17(2)3)14(16)11-13-5-4-6-13/h12-14H,4-11,16H2,1-3H3. The molecule has 100 valence electrons. The monoisotopic (exact) mass is 238 g/mol. The Morgan fingerprint density at radius 1 is 1.18 bits per heavy atom. The highest BCUT2D eigenvalue weighted by molar-refractivity contribution is 5.01. The van der Waals surface area contributed by atoms with Crippen LogP contribution in [0.3, 0.4) is 0 Å². The van der Waals surface area contributed by atoms with Gasteiger partial charge in [-0.05, 0) is 58.0 Å². The van der Waals surface area contributed by atoms with E-state index in [9.17, 15) is 0 Å². The molecule has 2 heteroatoms. The molecule has 2 aliphatic rings. The van der Waals surface area contributed by atoms with E-state index in [-0.39, 0.29) is 0 Å². The molecule has 17 heavy (non-hydrogen) atoms. The average Bonchev–Trinajstić information content (AvgIpc) is 2.24. The fourth-order valence-electron chi connectivity index (χ4n) is 3.72. The van der Waals surface area contributed by atoms with E-state index in [0.717, 1.165) is 11.8 Å². The summed E-state index contributed by atoms with van der Waals surface area (Å²) in [6.07, 6.45) is 10.9. The van der Waals surface area contributed by atoms with Crippen LogP contribution in [0.2, 0.25) is 0 Å². The Balaban J connectivity index is 1.99. The molecular weight excluding hydrogens is 208 g/mol. The van der Waals surface area contributed by atoms with Gasteiger partial charge in [-0.1, -0.05) is 26.2 Å². The second-order valence-corrected chi connectivity index (χ2v) is 6.82. The molecule has 2 rings (SSSR count). The lowest BCUT2D eigenvalue weighted by Crippen LogP contribution is -2.59. The summed E-state index contributed by atoms with van der Waals surface area (Å²) in [5.74, 6) is 1.83. The van der Waals surface area contributed by atoms with Crippen molar-refractivity contribution in [2.75, 3.05) is 14.1 Å². The topological polar surface area (TPSA) is 29.3 Å². The van der Waals surface area contributed by atoms with Crippen molar-refractivity contribution in [1.82, 2.24) is 4.90 Å². The Hall–Kier alpha value is -0.0800. The zero-order valence-electron chi connectivity index (χ0n) is 11.9. The second kappa shape index (κ2) is 5.27. The Bertz CT molecular complexity index is 237. The molecule has 2 saturated carbocycles. The van der Waals surface area contributed by atoms with Gasteiger partial charge in [0.25, 0.3) is 0 Å². The second-order valence-electron chi connectivity index (χ2n) is 6.82. The van der Waals surface area contributed by atoms with Gasteiger partial charge in [-0.3, -0.25) is 0 Å². The van der Waals surface area contributed by atoms with Gasteiger partial charge in [0.2, 0.25) is 0 Å².